The van der Waals surface area contributed by atoms with E-state index in [1.165, 1.54) is 19.1 Å². The highest BCUT2D eigenvalue weighted by Gasteiger charge is 2.26. The summed E-state index contributed by atoms with van der Waals surface area (Å²) in [6, 6.07) is 12.1. The number of rotatable bonds is 7. The normalized spacial score (nSPS) is 13.5. The van der Waals surface area contributed by atoms with Gasteiger partial charge in [0.1, 0.15) is 40.2 Å². The van der Waals surface area contributed by atoms with E-state index in [9.17, 15) is 23.6 Å². The van der Waals surface area contributed by atoms with Crippen LogP contribution < -0.4 is 4.72 Å². The molecule has 4 aromatic rings. The first-order valence-corrected chi connectivity index (χ1v) is 11.7. The molecule has 4 rings (SSSR count). The Morgan fingerprint density at radius 2 is 2.00 bits per heavy atom. The second kappa shape index (κ2) is 8.94. The SMILES string of the molecule is C[C@H](NS(=O)(=O)c1cccc2nsnc12)C(=O)OC/C(O)=C(\C#N)c1nc2ccccc2[nH]1. The fourth-order valence-corrected chi connectivity index (χ4v) is 4.96. The first kappa shape index (κ1) is 22.3. The number of nitrogens with zero attached hydrogens (tertiary/aromatic N) is 4. The second-order valence-electron chi connectivity index (χ2n) is 6.87. The first-order valence-electron chi connectivity index (χ1n) is 9.47. The van der Waals surface area contributed by atoms with E-state index in [1.54, 1.807) is 30.3 Å². The molecule has 0 bridgehead atoms. The Labute approximate surface area is 191 Å². The van der Waals surface area contributed by atoms with Crippen LogP contribution in [0, 0.1) is 11.3 Å². The van der Waals surface area contributed by atoms with E-state index in [2.05, 4.69) is 23.4 Å². The lowest BCUT2D eigenvalue weighted by molar-refractivity contribution is -0.144. The average Bonchev–Trinajstić information content (AvgIpc) is 3.44. The number of carbonyl (C=O) groups is 1. The molecule has 1 atom stereocenters. The lowest BCUT2D eigenvalue weighted by Gasteiger charge is -2.14. The zero-order valence-electron chi connectivity index (χ0n) is 17.0. The van der Waals surface area contributed by atoms with Crippen molar-refractivity contribution in [2.24, 2.45) is 0 Å². The van der Waals surface area contributed by atoms with Gasteiger partial charge in [-0.15, -0.1) is 0 Å². The van der Waals surface area contributed by atoms with E-state index in [-0.39, 0.29) is 21.8 Å². The molecule has 2 aromatic carbocycles. The Hall–Kier alpha value is -3.86. The monoisotopic (exact) mass is 484 g/mol. The van der Waals surface area contributed by atoms with Gasteiger partial charge in [0.25, 0.3) is 0 Å². The summed E-state index contributed by atoms with van der Waals surface area (Å²) >= 11 is 0.873. The predicted molar refractivity (Wildman–Crippen MR) is 119 cm³/mol. The van der Waals surface area contributed by atoms with Crippen molar-refractivity contribution >= 4 is 55.4 Å². The number of ether oxygens (including phenoxy) is 1. The van der Waals surface area contributed by atoms with Crippen LogP contribution in [0.2, 0.25) is 0 Å². The number of aliphatic hydroxyl groups is 1. The Morgan fingerprint density at radius 1 is 1.24 bits per heavy atom. The van der Waals surface area contributed by atoms with E-state index in [1.807, 2.05) is 6.07 Å². The number of aliphatic hydroxyl groups excluding tert-OH is 1. The van der Waals surface area contributed by atoms with Crippen molar-refractivity contribution in [1.29, 1.82) is 5.26 Å². The number of hydrogen-bond donors (Lipinski definition) is 3. The lowest BCUT2D eigenvalue weighted by atomic mass is 10.2. The van der Waals surface area contributed by atoms with Gasteiger partial charge in [0.15, 0.2) is 11.6 Å². The number of hydrogen-bond acceptors (Lipinski definition) is 10. The third-order valence-corrected chi connectivity index (χ3v) is 6.72. The number of esters is 1. The zero-order valence-corrected chi connectivity index (χ0v) is 18.6. The standard InChI is InChI=1S/C20H16N6O5S2/c1-11(26-33(29,30)17-8-4-7-15-18(17)25-32-24-15)20(28)31-10-16(27)12(9-21)19-22-13-5-2-3-6-14(13)23-19/h2-8,11,26-27H,10H2,1H3,(H,22,23)/b16-12-/t11-/m0/s1. The van der Waals surface area contributed by atoms with E-state index < -0.39 is 34.4 Å². The summed E-state index contributed by atoms with van der Waals surface area (Å²) in [6.45, 7) is 0.654. The van der Waals surface area contributed by atoms with Gasteiger partial charge in [0.05, 0.1) is 22.8 Å². The largest absolute Gasteiger partial charge is 0.507 e. The second-order valence-corrected chi connectivity index (χ2v) is 9.09. The minimum absolute atomic E-state index is 0.117. The van der Waals surface area contributed by atoms with Crippen LogP contribution in [0.1, 0.15) is 12.7 Å². The number of fused-ring (bicyclic) bond motifs is 2. The Morgan fingerprint density at radius 3 is 2.76 bits per heavy atom. The first-order chi connectivity index (χ1) is 15.8. The molecule has 0 spiro atoms. The molecule has 0 fully saturated rings. The minimum atomic E-state index is -4.11. The van der Waals surface area contributed by atoms with Crippen LogP contribution in [-0.2, 0) is 19.6 Å². The summed E-state index contributed by atoms with van der Waals surface area (Å²) in [5, 5.41) is 19.7. The molecular weight excluding hydrogens is 468 g/mol. The number of allylic oxidation sites excluding steroid dienone is 1. The number of carbonyl (C=O) groups excluding carboxylic acids is 1. The molecule has 0 amide bonds. The third kappa shape index (κ3) is 4.53. The van der Waals surface area contributed by atoms with Crippen LogP contribution in [0.5, 0.6) is 0 Å². The molecule has 11 nitrogen and oxygen atoms in total. The number of imidazole rings is 1. The number of H-pyrrole nitrogens is 1. The molecular formula is C20H16N6O5S2. The molecule has 0 saturated carbocycles. The molecule has 0 aliphatic rings. The maximum atomic E-state index is 12.7. The topological polar surface area (TPSA) is 171 Å². The lowest BCUT2D eigenvalue weighted by Crippen LogP contribution is -2.39. The van der Waals surface area contributed by atoms with Crippen molar-refractivity contribution in [2.45, 2.75) is 17.9 Å². The van der Waals surface area contributed by atoms with E-state index in [4.69, 9.17) is 4.74 Å². The van der Waals surface area contributed by atoms with Crippen LogP contribution in [-0.4, -0.2) is 50.9 Å². The highest BCUT2D eigenvalue weighted by atomic mass is 32.2. The van der Waals surface area contributed by atoms with Crippen molar-refractivity contribution in [3.63, 3.8) is 0 Å². The predicted octanol–water partition coefficient (Wildman–Crippen LogP) is 2.27. The molecule has 168 valence electrons. The molecule has 0 aliphatic carbocycles. The fraction of sp³-hybridized carbons (Fsp3) is 0.150. The maximum Gasteiger partial charge on any atom is 0.324 e. The van der Waals surface area contributed by atoms with Gasteiger partial charge >= 0.3 is 5.97 Å². The van der Waals surface area contributed by atoms with Crippen molar-refractivity contribution in [3.8, 4) is 6.07 Å². The van der Waals surface area contributed by atoms with Crippen LogP contribution in [0.4, 0.5) is 0 Å². The average molecular weight is 485 g/mol. The van der Waals surface area contributed by atoms with Crippen LogP contribution in [0.3, 0.4) is 0 Å². The fourth-order valence-electron chi connectivity index (χ4n) is 3.00. The molecule has 3 N–H and O–H groups in total. The smallest absolute Gasteiger partial charge is 0.324 e. The summed E-state index contributed by atoms with van der Waals surface area (Å²) in [4.78, 5) is 19.4. The number of sulfonamides is 1. The van der Waals surface area contributed by atoms with Crippen LogP contribution in [0.25, 0.3) is 27.6 Å². The van der Waals surface area contributed by atoms with E-state index >= 15 is 0 Å². The Bertz CT molecular complexity index is 1500. The Kier molecular flexibility index (Phi) is 6.05. The maximum absolute atomic E-state index is 12.7. The summed E-state index contributed by atoms with van der Waals surface area (Å²) < 4.78 is 40.7. The van der Waals surface area contributed by atoms with Gasteiger partial charge in [0.2, 0.25) is 10.0 Å². The van der Waals surface area contributed by atoms with Gasteiger partial charge in [0, 0.05) is 0 Å². The third-order valence-electron chi connectivity index (χ3n) is 4.60. The van der Waals surface area contributed by atoms with Crippen molar-refractivity contribution < 1.29 is 23.1 Å². The summed E-state index contributed by atoms with van der Waals surface area (Å²) in [6.07, 6.45) is 0. The minimum Gasteiger partial charge on any atom is -0.507 e. The van der Waals surface area contributed by atoms with Gasteiger partial charge < -0.3 is 14.8 Å². The number of nitriles is 1. The molecule has 2 aromatic heterocycles. The summed E-state index contributed by atoms with van der Waals surface area (Å²) in [7, 11) is -4.11. The van der Waals surface area contributed by atoms with Crippen LogP contribution >= 0.6 is 11.7 Å². The van der Waals surface area contributed by atoms with Gasteiger partial charge in [-0.25, -0.2) is 13.4 Å². The number of aromatic amines is 1. The van der Waals surface area contributed by atoms with Gasteiger partial charge in [-0.05, 0) is 31.2 Å². The molecule has 13 heteroatoms. The van der Waals surface area contributed by atoms with Crippen LogP contribution in [0.15, 0.2) is 53.1 Å². The number of nitrogens with one attached hydrogen (secondary N) is 2. The summed E-state index contributed by atoms with van der Waals surface area (Å²) in [5.74, 6) is -1.36. The molecule has 0 saturated heterocycles. The van der Waals surface area contributed by atoms with E-state index in [0.717, 1.165) is 11.7 Å². The molecule has 33 heavy (non-hydrogen) atoms. The molecule has 0 radical (unpaired) electrons. The summed E-state index contributed by atoms with van der Waals surface area (Å²) in [5.41, 5.74) is 1.68. The number of para-hydroxylation sites is 2. The van der Waals surface area contributed by atoms with Gasteiger partial charge in [-0.1, -0.05) is 18.2 Å². The van der Waals surface area contributed by atoms with Crippen molar-refractivity contribution in [3.05, 3.63) is 54.0 Å². The molecule has 0 aliphatic heterocycles. The van der Waals surface area contributed by atoms with Gasteiger partial charge in [-0.2, -0.15) is 18.7 Å². The number of aromatic nitrogens is 4. The quantitative estimate of drug-likeness (QED) is 0.202. The highest BCUT2D eigenvalue weighted by molar-refractivity contribution is 7.89. The van der Waals surface area contributed by atoms with E-state index in [0.29, 0.717) is 16.6 Å². The molecule has 2 heterocycles. The Balaban J connectivity index is 1.46. The highest BCUT2D eigenvalue weighted by Crippen LogP contribution is 2.22. The molecule has 0 unspecified atom stereocenters. The van der Waals surface area contributed by atoms with Gasteiger partial charge in [-0.3, -0.25) is 4.79 Å². The van der Waals surface area contributed by atoms with Crippen molar-refractivity contribution in [1.82, 2.24) is 23.4 Å². The van der Waals surface area contributed by atoms with Crippen molar-refractivity contribution in [2.75, 3.05) is 6.61 Å². The zero-order chi connectivity index (χ0) is 23.6. The number of benzene rings is 2.